The van der Waals surface area contributed by atoms with Crippen molar-refractivity contribution in [1.82, 2.24) is 10.1 Å². The average molecular weight is 390 g/mol. The van der Waals surface area contributed by atoms with Crippen LogP contribution in [-0.2, 0) is 6.42 Å². The van der Waals surface area contributed by atoms with Crippen molar-refractivity contribution >= 4 is 22.6 Å². The SMILES string of the molecule is FC1(F)CCC(Cc2nc(-c3cccc(I)c3)no2)C1. The summed E-state index contributed by atoms with van der Waals surface area (Å²) in [5.41, 5.74) is 0.878. The summed E-state index contributed by atoms with van der Waals surface area (Å²) in [7, 11) is 0. The molecule has 106 valence electrons. The third-order valence-electron chi connectivity index (χ3n) is 3.52. The number of hydrogen-bond donors (Lipinski definition) is 0. The fourth-order valence-electron chi connectivity index (χ4n) is 2.55. The summed E-state index contributed by atoms with van der Waals surface area (Å²) in [5, 5.41) is 3.93. The Morgan fingerprint density at radius 2 is 2.25 bits per heavy atom. The summed E-state index contributed by atoms with van der Waals surface area (Å²) < 4.78 is 32.6. The molecule has 1 heterocycles. The van der Waals surface area contributed by atoms with E-state index in [9.17, 15) is 8.78 Å². The summed E-state index contributed by atoms with van der Waals surface area (Å²) in [6, 6.07) is 7.76. The number of aromatic nitrogens is 2. The van der Waals surface area contributed by atoms with E-state index in [1.807, 2.05) is 24.3 Å². The minimum atomic E-state index is -2.52. The second kappa shape index (κ2) is 5.38. The van der Waals surface area contributed by atoms with E-state index in [0.717, 1.165) is 9.13 Å². The minimum absolute atomic E-state index is 0.0322. The van der Waals surface area contributed by atoms with E-state index >= 15 is 0 Å². The molecule has 1 aromatic heterocycles. The van der Waals surface area contributed by atoms with Gasteiger partial charge in [0.15, 0.2) is 0 Å². The number of hydrogen-bond acceptors (Lipinski definition) is 3. The fourth-order valence-corrected chi connectivity index (χ4v) is 3.09. The molecule has 3 nitrogen and oxygen atoms in total. The molecule has 0 bridgehead atoms. The molecule has 3 rings (SSSR count). The Balaban J connectivity index is 1.71. The lowest BCUT2D eigenvalue weighted by molar-refractivity contribution is 0.00483. The Labute approximate surface area is 128 Å². The van der Waals surface area contributed by atoms with Crippen molar-refractivity contribution in [1.29, 1.82) is 0 Å². The first-order valence-corrected chi connectivity index (χ1v) is 7.56. The van der Waals surface area contributed by atoms with Gasteiger partial charge in [-0.25, -0.2) is 8.78 Å². The highest BCUT2D eigenvalue weighted by Gasteiger charge is 2.39. The minimum Gasteiger partial charge on any atom is -0.339 e. The summed E-state index contributed by atoms with van der Waals surface area (Å²) in [6.07, 6.45) is 0.851. The van der Waals surface area contributed by atoms with Crippen molar-refractivity contribution < 1.29 is 13.3 Å². The van der Waals surface area contributed by atoms with Gasteiger partial charge >= 0.3 is 0 Å². The van der Waals surface area contributed by atoms with Crippen LogP contribution in [0.3, 0.4) is 0 Å². The van der Waals surface area contributed by atoms with E-state index in [1.54, 1.807) is 0 Å². The highest BCUT2D eigenvalue weighted by molar-refractivity contribution is 14.1. The van der Waals surface area contributed by atoms with E-state index in [1.165, 1.54) is 0 Å². The molecule has 0 aliphatic heterocycles. The summed E-state index contributed by atoms with van der Waals surface area (Å²) in [4.78, 5) is 4.31. The van der Waals surface area contributed by atoms with Crippen LogP contribution in [0.25, 0.3) is 11.4 Å². The first kappa shape index (κ1) is 13.9. The molecule has 2 aromatic rings. The van der Waals surface area contributed by atoms with E-state index in [4.69, 9.17) is 4.52 Å². The van der Waals surface area contributed by atoms with Gasteiger partial charge < -0.3 is 4.52 Å². The molecule has 0 amide bonds. The maximum absolute atomic E-state index is 13.1. The third-order valence-corrected chi connectivity index (χ3v) is 4.19. The lowest BCUT2D eigenvalue weighted by Gasteiger charge is -2.07. The average Bonchev–Trinajstić information content (AvgIpc) is 2.97. The summed E-state index contributed by atoms with van der Waals surface area (Å²) in [6.45, 7) is 0. The van der Waals surface area contributed by atoms with E-state index < -0.39 is 5.92 Å². The van der Waals surface area contributed by atoms with Gasteiger partial charge in [-0.2, -0.15) is 4.98 Å². The Morgan fingerprint density at radius 1 is 1.40 bits per heavy atom. The number of benzene rings is 1. The van der Waals surface area contributed by atoms with E-state index in [-0.39, 0.29) is 18.8 Å². The second-order valence-corrected chi connectivity index (χ2v) is 6.44. The molecule has 0 saturated heterocycles. The number of halogens is 3. The second-order valence-electron chi connectivity index (χ2n) is 5.19. The summed E-state index contributed by atoms with van der Waals surface area (Å²) >= 11 is 2.21. The number of rotatable bonds is 3. The van der Waals surface area contributed by atoms with Gasteiger partial charge in [-0.3, -0.25) is 0 Å². The van der Waals surface area contributed by atoms with Gasteiger partial charge in [-0.05, 0) is 47.1 Å². The van der Waals surface area contributed by atoms with Crippen LogP contribution in [-0.4, -0.2) is 16.1 Å². The van der Waals surface area contributed by atoms with Crippen LogP contribution in [0.5, 0.6) is 0 Å². The van der Waals surface area contributed by atoms with Crippen LogP contribution in [0.15, 0.2) is 28.8 Å². The van der Waals surface area contributed by atoms with Gasteiger partial charge in [0, 0.05) is 28.4 Å². The lowest BCUT2D eigenvalue weighted by Crippen LogP contribution is -2.10. The van der Waals surface area contributed by atoms with Gasteiger partial charge in [-0.15, -0.1) is 0 Å². The standard InChI is InChI=1S/C14H13F2IN2O/c15-14(16)5-4-9(8-14)6-12-18-13(19-20-12)10-2-1-3-11(17)7-10/h1-3,7,9H,4-6,8H2. The monoisotopic (exact) mass is 390 g/mol. The Kier molecular flexibility index (Phi) is 3.74. The first-order valence-electron chi connectivity index (χ1n) is 6.48. The van der Waals surface area contributed by atoms with Crippen molar-refractivity contribution in [2.45, 2.75) is 31.6 Å². The zero-order chi connectivity index (χ0) is 14.2. The molecule has 6 heteroatoms. The molecule has 0 spiro atoms. The largest absolute Gasteiger partial charge is 0.339 e. The Morgan fingerprint density at radius 3 is 2.95 bits per heavy atom. The van der Waals surface area contributed by atoms with Gasteiger partial charge in [-0.1, -0.05) is 17.3 Å². The molecular formula is C14H13F2IN2O. The van der Waals surface area contributed by atoms with E-state index in [0.29, 0.717) is 24.6 Å². The van der Waals surface area contributed by atoms with Gasteiger partial charge in [0.25, 0.3) is 0 Å². The smallest absolute Gasteiger partial charge is 0.248 e. The molecule has 1 fully saturated rings. The Hall–Kier alpha value is -1.05. The molecule has 20 heavy (non-hydrogen) atoms. The zero-order valence-electron chi connectivity index (χ0n) is 10.7. The highest BCUT2D eigenvalue weighted by atomic mass is 127. The fraction of sp³-hybridized carbons (Fsp3) is 0.429. The maximum Gasteiger partial charge on any atom is 0.248 e. The van der Waals surface area contributed by atoms with Crippen molar-refractivity contribution in [2.75, 3.05) is 0 Å². The molecule has 1 atom stereocenters. The van der Waals surface area contributed by atoms with Crippen LogP contribution in [0, 0.1) is 9.49 Å². The van der Waals surface area contributed by atoms with Gasteiger partial charge in [0.05, 0.1) is 0 Å². The summed E-state index contributed by atoms with van der Waals surface area (Å²) in [5.74, 6) is -1.62. The van der Waals surface area contributed by atoms with Crippen molar-refractivity contribution in [3.8, 4) is 11.4 Å². The Bertz CT molecular complexity index is 615. The molecule has 1 saturated carbocycles. The molecule has 1 aliphatic carbocycles. The quantitative estimate of drug-likeness (QED) is 0.733. The molecule has 0 radical (unpaired) electrons. The van der Waals surface area contributed by atoms with Crippen LogP contribution in [0.1, 0.15) is 25.2 Å². The highest BCUT2D eigenvalue weighted by Crippen LogP contribution is 2.40. The molecule has 0 N–H and O–H groups in total. The van der Waals surface area contributed by atoms with Crippen LogP contribution in [0.2, 0.25) is 0 Å². The van der Waals surface area contributed by atoms with Gasteiger partial charge in [0.2, 0.25) is 17.6 Å². The number of nitrogens with zero attached hydrogens (tertiary/aromatic N) is 2. The third kappa shape index (κ3) is 3.16. The lowest BCUT2D eigenvalue weighted by atomic mass is 10.0. The maximum atomic E-state index is 13.1. The molecule has 1 aliphatic rings. The van der Waals surface area contributed by atoms with Crippen molar-refractivity contribution in [3.63, 3.8) is 0 Å². The number of alkyl halides is 2. The predicted molar refractivity (Wildman–Crippen MR) is 78.4 cm³/mol. The molecule has 1 unspecified atom stereocenters. The van der Waals surface area contributed by atoms with Crippen molar-refractivity contribution in [3.05, 3.63) is 33.7 Å². The van der Waals surface area contributed by atoms with Gasteiger partial charge in [0.1, 0.15) is 0 Å². The molecule has 1 aromatic carbocycles. The zero-order valence-corrected chi connectivity index (χ0v) is 12.8. The van der Waals surface area contributed by atoms with E-state index in [2.05, 4.69) is 32.7 Å². The predicted octanol–water partition coefficient (Wildman–Crippen LogP) is 4.32. The van der Waals surface area contributed by atoms with Crippen LogP contribution < -0.4 is 0 Å². The van der Waals surface area contributed by atoms with Crippen LogP contribution in [0.4, 0.5) is 8.78 Å². The first-order chi connectivity index (χ1) is 9.52. The normalized spacial score (nSPS) is 21.2. The van der Waals surface area contributed by atoms with Crippen molar-refractivity contribution in [2.24, 2.45) is 5.92 Å². The molecular weight excluding hydrogens is 377 g/mol. The topological polar surface area (TPSA) is 38.9 Å². The van der Waals surface area contributed by atoms with Crippen LogP contribution >= 0.6 is 22.6 Å².